The third kappa shape index (κ3) is 5.06. The quantitative estimate of drug-likeness (QED) is 0.698. The van der Waals surface area contributed by atoms with E-state index in [0.717, 1.165) is 37.9 Å². The van der Waals surface area contributed by atoms with E-state index in [1.54, 1.807) is 0 Å². The molecular weight excluding hydrogens is 348 g/mol. The van der Waals surface area contributed by atoms with Crippen LogP contribution in [0.15, 0.2) is 24.3 Å². The predicted molar refractivity (Wildman–Crippen MR) is 114 cm³/mol. The molecule has 0 spiro atoms. The van der Waals surface area contributed by atoms with Crippen LogP contribution in [-0.2, 0) is 4.79 Å². The van der Waals surface area contributed by atoms with Crippen LogP contribution in [0.3, 0.4) is 0 Å². The largest absolute Gasteiger partial charge is 0.370 e. The molecule has 0 radical (unpaired) electrons. The van der Waals surface area contributed by atoms with Gasteiger partial charge in [-0.1, -0.05) is 12.1 Å². The lowest BCUT2D eigenvalue weighted by Crippen LogP contribution is -3.21. The molecule has 3 N–H and O–H groups in total. The average molecular weight is 387 g/mol. The molecule has 3 saturated heterocycles. The van der Waals surface area contributed by atoms with Crippen LogP contribution in [0.2, 0.25) is 0 Å². The highest BCUT2D eigenvalue weighted by atomic mass is 16.2. The highest BCUT2D eigenvalue weighted by molar-refractivity contribution is 5.95. The first-order valence-electron chi connectivity index (χ1n) is 11.6. The number of hydrogen-bond donors (Lipinski definition) is 3. The van der Waals surface area contributed by atoms with Crippen molar-refractivity contribution in [2.24, 2.45) is 0 Å². The van der Waals surface area contributed by atoms with Crippen molar-refractivity contribution in [2.75, 3.05) is 56.0 Å². The number of carbonyl (C=O) groups is 1. The maximum atomic E-state index is 12.7. The van der Waals surface area contributed by atoms with Crippen molar-refractivity contribution >= 4 is 17.3 Å². The number of nitrogens with one attached hydrogen (secondary N) is 3. The van der Waals surface area contributed by atoms with Gasteiger partial charge in [-0.15, -0.1) is 0 Å². The first kappa shape index (κ1) is 19.7. The fourth-order valence-corrected chi connectivity index (χ4v) is 5.44. The number of likely N-dealkylation sites (tertiary alicyclic amines) is 2. The molecule has 154 valence electrons. The van der Waals surface area contributed by atoms with Gasteiger partial charge in [0, 0.05) is 25.9 Å². The molecule has 3 aliphatic heterocycles. The van der Waals surface area contributed by atoms with Crippen molar-refractivity contribution in [3.8, 4) is 0 Å². The topological polar surface area (TPSA) is 41.2 Å². The van der Waals surface area contributed by atoms with Gasteiger partial charge in [0.1, 0.15) is 0 Å². The number of hydrogen-bond acceptors (Lipinski definition) is 2. The highest BCUT2D eigenvalue weighted by Gasteiger charge is 2.31. The van der Waals surface area contributed by atoms with E-state index in [0.29, 0.717) is 6.54 Å². The van der Waals surface area contributed by atoms with Crippen LogP contribution in [0.5, 0.6) is 0 Å². The van der Waals surface area contributed by atoms with E-state index in [9.17, 15) is 4.79 Å². The molecule has 28 heavy (non-hydrogen) atoms. The number of piperidine rings is 3. The van der Waals surface area contributed by atoms with Gasteiger partial charge in [-0.2, -0.15) is 0 Å². The highest BCUT2D eigenvalue weighted by Crippen LogP contribution is 2.28. The number of rotatable bonds is 5. The molecule has 1 aromatic rings. The van der Waals surface area contributed by atoms with Crippen molar-refractivity contribution in [1.82, 2.24) is 0 Å². The molecule has 5 nitrogen and oxygen atoms in total. The van der Waals surface area contributed by atoms with Gasteiger partial charge in [0.15, 0.2) is 6.54 Å². The summed E-state index contributed by atoms with van der Waals surface area (Å²) in [6.07, 6.45) is 10.6. The molecule has 1 aromatic carbocycles. The van der Waals surface area contributed by atoms with Gasteiger partial charge in [0.2, 0.25) is 0 Å². The molecule has 0 bridgehead atoms. The van der Waals surface area contributed by atoms with Crippen LogP contribution in [0.1, 0.15) is 51.4 Å². The molecule has 3 aliphatic rings. The SMILES string of the molecule is O=C(C[NH+]1CCC([NH+]2CCCCC2)CC1)Nc1ccccc1N1CCCCC1. The standard InChI is InChI=1S/C23H36N4O/c28-23(19-25-17-11-20(12-18-25)26-13-5-1-6-14-26)24-21-9-3-4-10-22(21)27-15-7-2-8-16-27/h3-4,9-10,20H,1-2,5-8,11-19H2,(H,24,28)/p+2. The van der Waals surface area contributed by atoms with E-state index >= 15 is 0 Å². The Balaban J connectivity index is 1.27. The normalized spacial score (nSPS) is 26.8. The fraction of sp³-hybridized carbons (Fsp3) is 0.696. The zero-order chi connectivity index (χ0) is 19.2. The van der Waals surface area contributed by atoms with Gasteiger partial charge in [-0.3, -0.25) is 4.79 Å². The molecule has 5 heteroatoms. The van der Waals surface area contributed by atoms with Gasteiger partial charge < -0.3 is 20.0 Å². The molecule has 3 fully saturated rings. The molecule has 3 heterocycles. The van der Waals surface area contributed by atoms with E-state index < -0.39 is 0 Å². The van der Waals surface area contributed by atoms with Crippen LogP contribution >= 0.6 is 0 Å². The van der Waals surface area contributed by atoms with Crippen LogP contribution in [0.25, 0.3) is 0 Å². The van der Waals surface area contributed by atoms with Crippen molar-refractivity contribution in [3.63, 3.8) is 0 Å². The Morgan fingerprint density at radius 1 is 0.929 bits per heavy atom. The summed E-state index contributed by atoms with van der Waals surface area (Å²) < 4.78 is 0. The Bertz CT molecular complexity index is 629. The molecule has 1 amide bonds. The van der Waals surface area contributed by atoms with Crippen molar-refractivity contribution in [3.05, 3.63) is 24.3 Å². The second-order valence-corrected chi connectivity index (χ2v) is 9.03. The summed E-state index contributed by atoms with van der Waals surface area (Å²) in [5, 5.41) is 3.22. The Hall–Kier alpha value is -1.59. The van der Waals surface area contributed by atoms with Crippen molar-refractivity contribution < 1.29 is 14.6 Å². The van der Waals surface area contributed by atoms with E-state index in [4.69, 9.17) is 0 Å². The van der Waals surface area contributed by atoms with E-state index in [1.165, 1.54) is 75.0 Å². The summed E-state index contributed by atoms with van der Waals surface area (Å²) in [6.45, 7) is 7.84. The third-order valence-electron chi connectivity index (χ3n) is 7.05. The van der Waals surface area contributed by atoms with Gasteiger partial charge in [0.05, 0.1) is 43.6 Å². The van der Waals surface area contributed by atoms with Gasteiger partial charge >= 0.3 is 0 Å². The van der Waals surface area contributed by atoms with Crippen molar-refractivity contribution in [1.29, 1.82) is 0 Å². The second-order valence-electron chi connectivity index (χ2n) is 9.03. The first-order valence-corrected chi connectivity index (χ1v) is 11.6. The molecule has 0 aromatic heterocycles. The first-order chi connectivity index (χ1) is 13.8. The smallest absolute Gasteiger partial charge is 0.279 e. The summed E-state index contributed by atoms with van der Waals surface area (Å²) in [5.41, 5.74) is 2.18. The summed E-state index contributed by atoms with van der Waals surface area (Å²) in [6, 6.07) is 9.16. The van der Waals surface area contributed by atoms with Gasteiger partial charge in [-0.25, -0.2) is 0 Å². The zero-order valence-corrected chi connectivity index (χ0v) is 17.3. The predicted octanol–water partition coefficient (Wildman–Crippen LogP) is 0.732. The van der Waals surface area contributed by atoms with Crippen molar-refractivity contribution in [2.45, 2.75) is 57.4 Å². The number of quaternary nitrogens is 2. The summed E-state index contributed by atoms with van der Waals surface area (Å²) in [7, 11) is 0. The minimum atomic E-state index is 0.170. The lowest BCUT2D eigenvalue weighted by atomic mass is 10.00. The third-order valence-corrected chi connectivity index (χ3v) is 7.05. The monoisotopic (exact) mass is 386 g/mol. The molecule has 0 unspecified atom stereocenters. The Morgan fingerprint density at radius 3 is 2.36 bits per heavy atom. The van der Waals surface area contributed by atoms with Crippen LogP contribution in [0.4, 0.5) is 11.4 Å². The number of para-hydroxylation sites is 2. The molecular formula is C23H38N4O+2. The molecule has 4 rings (SSSR count). The maximum absolute atomic E-state index is 12.7. The number of carbonyl (C=O) groups excluding carboxylic acids is 1. The zero-order valence-electron chi connectivity index (χ0n) is 17.3. The Kier molecular flexibility index (Phi) is 6.86. The second kappa shape index (κ2) is 9.75. The lowest BCUT2D eigenvalue weighted by Gasteiger charge is -2.36. The molecule has 0 aliphatic carbocycles. The van der Waals surface area contributed by atoms with Crippen LogP contribution < -0.4 is 20.0 Å². The maximum Gasteiger partial charge on any atom is 0.279 e. The summed E-state index contributed by atoms with van der Waals surface area (Å²) in [5.74, 6) is 0.170. The van der Waals surface area contributed by atoms with E-state index in [2.05, 4.69) is 28.4 Å². The van der Waals surface area contributed by atoms with Gasteiger partial charge in [-0.05, 0) is 50.7 Å². The van der Waals surface area contributed by atoms with Gasteiger partial charge in [0.25, 0.3) is 5.91 Å². The lowest BCUT2D eigenvalue weighted by molar-refractivity contribution is -0.958. The minimum Gasteiger partial charge on any atom is -0.370 e. The minimum absolute atomic E-state index is 0.170. The average Bonchev–Trinajstić information content (AvgIpc) is 2.76. The fourth-order valence-electron chi connectivity index (χ4n) is 5.44. The summed E-state index contributed by atoms with van der Waals surface area (Å²) >= 11 is 0. The Labute approximate surface area is 170 Å². The van der Waals surface area contributed by atoms with Crippen LogP contribution in [0, 0.1) is 0 Å². The number of benzene rings is 1. The number of anilines is 2. The molecule has 0 atom stereocenters. The van der Waals surface area contributed by atoms with E-state index in [1.807, 2.05) is 11.0 Å². The van der Waals surface area contributed by atoms with E-state index in [-0.39, 0.29) is 5.91 Å². The Morgan fingerprint density at radius 2 is 1.61 bits per heavy atom. The number of nitrogens with zero attached hydrogens (tertiary/aromatic N) is 1. The molecule has 0 saturated carbocycles. The number of amides is 1. The van der Waals surface area contributed by atoms with Crippen LogP contribution in [-0.4, -0.2) is 57.8 Å². The summed E-state index contributed by atoms with van der Waals surface area (Å²) in [4.78, 5) is 18.5.